The molecule has 3 aromatic rings. The molecule has 0 atom stereocenters. The van der Waals surface area contributed by atoms with Gasteiger partial charge < -0.3 is 9.64 Å². The minimum atomic E-state index is -0.310. The molecule has 0 radical (unpaired) electrons. The van der Waals surface area contributed by atoms with E-state index in [1.54, 1.807) is 40.9 Å². The molecule has 130 valence electrons. The maximum absolute atomic E-state index is 12.8. The number of likely N-dealkylation sites (N-methyl/N-ethyl adjacent to an activating group) is 1. The number of hydrogen-bond acceptors (Lipinski definition) is 4. The summed E-state index contributed by atoms with van der Waals surface area (Å²) in [6.07, 6.45) is 0. The standard InChI is InChI=1S/C18H19FN4O2/c1-3-23-17-9-4-13(12-16(17)20-21-23)18(24)22(2)10-11-25-15-7-5-14(19)6-8-15/h4-9,12H,3,10-11H2,1-2H3. The van der Waals surface area contributed by atoms with Crippen LogP contribution in [0.4, 0.5) is 4.39 Å². The van der Waals surface area contributed by atoms with Crippen LogP contribution in [-0.4, -0.2) is 46.0 Å². The number of hydrogen-bond donors (Lipinski definition) is 0. The zero-order valence-corrected chi connectivity index (χ0v) is 14.1. The lowest BCUT2D eigenvalue weighted by Gasteiger charge is -2.17. The summed E-state index contributed by atoms with van der Waals surface area (Å²) in [6.45, 7) is 3.45. The maximum atomic E-state index is 12.8. The molecule has 0 bridgehead atoms. The fourth-order valence-corrected chi connectivity index (χ4v) is 2.49. The van der Waals surface area contributed by atoms with Gasteiger partial charge in [0.25, 0.3) is 5.91 Å². The van der Waals surface area contributed by atoms with Crippen molar-refractivity contribution < 1.29 is 13.9 Å². The van der Waals surface area contributed by atoms with Gasteiger partial charge in [-0.05, 0) is 49.4 Å². The number of benzene rings is 2. The Kier molecular flexibility index (Phi) is 4.92. The second kappa shape index (κ2) is 7.29. The lowest BCUT2D eigenvalue weighted by Crippen LogP contribution is -2.30. The summed E-state index contributed by atoms with van der Waals surface area (Å²) in [7, 11) is 1.71. The van der Waals surface area contributed by atoms with Crippen molar-refractivity contribution in [3.05, 3.63) is 53.8 Å². The fourth-order valence-electron chi connectivity index (χ4n) is 2.49. The van der Waals surface area contributed by atoms with Gasteiger partial charge in [-0.1, -0.05) is 5.21 Å². The summed E-state index contributed by atoms with van der Waals surface area (Å²) in [5, 5.41) is 8.13. The van der Waals surface area contributed by atoms with Crippen LogP contribution in [0.1, 0.15) is 17.3 Å². The van der Waals surface area contributed by atoms with Gasteiger partial charge in [-0.3, -0.25) is 4.79 Å². The number of fused-ring (bicyclic) bond motifs is 1. The summed E-state index contributed by atoms with van der Waals surface area (Å²) in [5.41, 5.74) is 2.16. The number of carbonyl (C=O) groups is 1. The topological polar surface area (TPSA) is 60.2 Å². The Hall–Kier alpha value is -2.96. The molecule has 0 aliphatic heterocycles. The summed E-state index contributed by atoms with van der Waals surface area (Å²) >= 11 is 0. The largest absolute Gasteiger partial charge is 0.492 e. The van der Waals surface area contributed by atoms with Crippen molar-refractivity contribution in [1.82, 2.24) is 19.9 Å². The van der Waals surface area contributed by atoms with Gasteiger partial charge in [-0.15, -0.1) is 5.10 Å². The van der Waals surface area contributed by atoms with Crippen molar-refractivity contribution in [2.24, 2.45) is 0 Å². The highest BCUT2D eigenvalue weighted by atomic mass is 19.1. The van der Waals surface area contributed by atoms with Gasteiger partial charge in [0.2, 0.25) is 0 Å². The van der Waals surface area contributed by atoms with Gasteiger partial charge in [0, 0.05) is 19.2 Å². The molecule has 0 aliphatic carbocycles. The van der Waals surface area contributed by atoms with E-state index >= 15 is 0 Å². The molecular formula is C18H19FN4O2. The van der Waals surface area contributed by atoms with E-state index in [0.717, 1.165) is 12.1 Å². The highest BCUT2D eigenvalue weighted by Crippen LogP contribution is 2.15. The minimum absolute atomic E-state index is 0.115. The third-order valence-corrected chi connectivity index (χ3v) is 3.92. The number of aryl methyl sites for hydroxylation is 1. The van der Waals surface area contributed by atoms with E-state index in [1.165, 1.54) is 12.1 Å². The zero-order valence-electron chi connectivity index (χ0n) is 14.1. The first kappa shape index (κ1) is 16.9. The van der Waals surface area contributed by atoms with Crippen LogP contribution in [0.15, 0.2) is 42.5 Å². The molecule has 3 rings (SSSR count). The number of halogens is 1. The number of aromatic nitrogens is 3. The molecule has 0 spiro atoms. The van der Waals surface area contributed by atoms with E-state index in [0.29, 0.717) is 30.0 Å². The Labute approximate surface area is 144 Å². The van der Waals surface area contributed by atoms with Crippen LogP contribution < -0.4 is 4.74 Å². The molecule has 0 saturated heterocycles. The van der Waals surface area contributed by atoms with Gasteiger partial charge in [0.05, 0.1) is 12.1 Å². The molecule has 7 heteroatoms. The molecular weight excluding hydrogens is 323 g/mol. The molecule has 1 heterocycles. The molecule has 25 heavy (non-hydrogen) atoms. The van der Waals surface area contributed by atoms with Crippen molar-refractivity contribution in [3.63, 3.8) is 0 Å². The average Bonchev–Trinajstić information content (AvgIpc) is 3.05. The highest BCUT2D eigenvalue weighted by Gasteiger charge is 2.14. The number of carbonyl (C=O) groups excluding carboxylic acids is 1. The van der Waals surface area contributed by atoms with Gasteiger partial charge in [0.1, 0.15) is 23.7 Å². The predicted molar refractivity (Wildman–Crippen MR) is 92.1 cm³/mol. The molecule has 0 unspecified atom stereocenters. The van der Waals surface area contributed by atoms with Crippen molar-refractivity contribution in [2.45, 2.75) is 13.5 Å². The molecule has 1 amide bonds. The van der Waals surface area contributed by atoms with E-state index in [2.05, 4.69) is 10.3 Å². The Morgan fingerprint density at radius 2 is 2.00 bits per heavy atom. The van der Waals surface area contributed by atoms with Crippen molar-refractivity contribution in [1.29, 1.82) is 0 Å². The van der Waals surface area contributed by atoms with E-state index < -0.39 is 0 Å². The first-order chi connectivity index (χ1) is 12.1. The third-order valence-electron chi connectivity index (χ3n) is 3.92. The smallest absolute Gasteiger partial charge is 0.253 e. The SMILES string of the molecule is CCn1nnc2cc(C(=O)N(C)CCOc3ccc(F)cc3)ccc21. The van der Waals surface area contributed by atoms with E-state index in [9.17, 15) is 9.18 Å². The molecule has 6 nitrogen and oxygen atoms in total. The number of ether oxygens (including phenoxy) is 1. The first-order valence-corrected chi connectivity index (χ1v) is 8.05. The Bertz CT molecular complexity index is 876. The van der Waals surface area contributed by atoms with Crippen LogP contribution in [-0.2, 0) is 6.54 Å². The predicted octanol–water partition coefficient (Wildman–Crippen LogP) is 2.74. The lowest BCUT2D eigenvalue weighted by atomic mass is 10.1. The zero-order chi connectivity index (χ0) is 17.8. The maximum Gasteiger partial charge on any atom is 0.253 e. The summed E-state index contributed by atoms with van der Waals surface area (Å²) in [4.78, 5) is 14.1. The summed E-state index contributed by atoms with van der Waals surface area (Å²) in [6, 6.07) is 11.2. The molecule has 2 aromatic carbocycles. The number of amides is 1. The van der Waals surface area contributed by atoms with E-state index in [1.807, 2.05) is 13.0 Å². The van der Waals surface area contributed by atoms with Crippen LogP contribution >= 0.6 is 0 Å². The number of rotatable bonds is 6. The highest BCUT2D eigenvalue weighted by molar-refractivity contribution is 5.97. The van der Waals surface area contributed by atoms with Gasteiger partial charge in [-0.2, -0.15) is 0 Å². The average molecular weight is 342 g/mol. The Morgan fingerprint density at radius 1 is 1.24 bits per heavy atom. The van der Waals surface area contributed by atoms with Gasteiger partial charge in [-0.25, -0.2) is 9.07 Å². The number of nitrogens with zero attached hydrogens (tertiary/aromatic N) is 4. The molecule has 0 saturated carbocycles. The first-order valence-electron chi connectivity index (χ1n) is 8.05. The van der Waals surface area contributed by atoms with Crippen molar-refractivity contribution in [2.75, 3.05) is 20.2 Å². The molecule has 0 N–H and O–H groups in total. The third kappa shape index (κ3) is 3.76. The quantitative estimate of drug-likeness (QED) is 0.691. The Balaban J connectivity index is 1.60. The van der Waals surface area contributed by atoms with E-state index in [-0.39, 0.29) is 11.7 Å². The molecule has 1 aromatic heterocycles. The van der Waals surface area contributed by atoms with Gasteiger partial charge >= 0.3 is 0 Å². The lowest BCUT2D eigenvalue weighted by molar-refractivity contribution is 0.0774. The summed E-state index contributed by atoms with van der Waals surface area (Å²) in [5.74, 6) is 0.144. The van der Waals surface area contributed by atoms with Crippen LogP contribution in [0.3, 0.4) is 0 Å². The van der Waals surface area contributed by atoms with Crippen LogP contribution in [0.25, 0.3) is 11.0 Å². The van der Waals surface area contributed by atoms with Gasteiger partial charge in [0.15, 0.2) is 0 Å². The minimum Gasteiger partial charge on any atom is -0.492 e. The van der Waals surface area contributed by atoms with Crippen molar-refractivity contribution >= 4 is 16.9 Å². The second-order valence-electron chi connectivity index (χ2n) is 5.64. The van der Waals surface area contributed by atoms with E-state index in [4.69, 9.17) is 4.74 Å². The fraction of sp³-hybridized carbons (Fsp3) is 0.278. The van der Waals surface area contributed by atoms with Crippen LogP contribution in [0.5, 0.6) is 5.75 Å². The molecule has 0 aliphatic rings. The molecule has 0 fully saturated rings. The van der Waals surface area contributed by atoms with Crippen LogP contribution in [0, 0.1) is 5.82 Å². The Morgan fingerprint density at radius 3 is 2.72 bits per heavy atom. The normalized spacial score (nSPS) is 10.8. The summed E-state index contributed by atoms with van der Waals surface area (Å²) < 4.78 is 20.1. The monoisotopic (exact) mass is 342 g/mol. The van der Waals surface area contributed by atoms with Crippen molar-refractivity contribution in [3.8, 4) is 5.75 Å². The second-order valence-corrected chi connectivity index (χ2v) is 5.64. The van der Waals surface area contributed by atoms with Crippen LogP contribution in [0.2, 0.25) is 0 Å².